The number of pyridine rings is 1. The highest BCUT2D eigenvalue weighted by Gasteiger charge is 2.29. The van der Waals surface area contributed by atoms with Gasteiger partial charge >= 0.3 is 0 Å². The van der Waals surface area contributed by atoms with Gasteiger partial charge in [-0.05, 0) is 44.9 Å². The molecule has 0 bridgehead atoms. The summed E-state index contributed by atoms with van der Waals surface area (Å²) in [7, 11) is 0. The zero-order valence-corrected chi connectivity index (χ0v) is 15.2. The minimum absolute atomic E-state index is 0.0405. The average Bonchev–Trinajstić information content (AvgIpc) is 3.36. The van der Waals surface area contributed by atoms with Crippen molar-refractivity contribution in [1.29, 1.82) is 0 Å². The number of carbonyl (C=O) groups is 1. The van der Waals surface area contributed by atoms with E-state index in [2.05, 4.69) is 30.9 Å². The molecule has 2 aromatic rings. The number of nitrogens with zero attached hydrogens (tertiary/aromatic N) is 3. The number of carbonyl (C=O) groups excluding carboxylic acids is 1. The maximum atomic E-state index is 12.3. The van der Waals surface area contributed by atoms with Crippen LogP contribution in [-0.4, -0.2) is 41.6 Å². The maximum Gasteiger partial charge on any atom is 0.253 e. The molecule has 2 saturated heterocycles. The Labute approximate surface area is 151 Å². The van der Waals surface area contributed by atoms with Gasteiger partial charge in [0, 0.05) is 36.4 Å². The van der Waals surface area contributed by atoms with Crippen LogP contribution in [0.15, 0.2) is 23.7 Å². The molecule has 25 heavy (non-hydrogen) atoms. The van der Waals surface area contributed by atoms with Crippen molar-refractivity contribution in [3.63, 3.8) is 0 Å². The zero-order valence-electron chi connectivity index (χ0n) is 14.4. The number of hydrogen-bond acceptors (Lipinski definition) is 6. The van der Waals surface area contributed by atoms with Gasteiger partial charge in [0.2, 0.25) is 0 Å². The molecule has 2 aliphatic heterocycles. The summed E-state index contributed by atoms with van der Waals surface area (Å²) in [6, 6.07) is 4.36. The smallest absolute Gasteiger partial charge is 0.253 e. The number of nitrogens with one attached hydrogen (secondary N) is 2. The number of aromatic nitrogens is 2. The van der Waals surface area contributed by atoms with Crippen LogP contribution in [0.1, 0.15) is 46.4 Å². The summed E-state index contributed by atoms with van der Waals surface area (Å²) in [6.45, 7) is 4.83. The number of thiazole rings is 1. The second-order valence-electron chi connectivity index (χ2n) is 6.75. The molecule has 2 unspecified atom stereocenters. The van der Waals surface area contributed by atoms with E-state index < -0.39 is 0 Å². The van der Waals surface area contributed by atoms with Gasteiger partial charge in [-0.1, -0.05) is 0 Å². The van der Waals surface area contributed by atoms with E-state index in [4.69, 9.17) is 0 Å². The molecule has 1 amide bonds. The van der Waals surface area contributed by atoms with Gasteiger partial charge in [0.15, 0.2) is 0 Å². The number of anilines is 1. The van der Waals surface area contributed by atoms with Crippen LogP contribution in [0.2, 0.25) is 0 Å². The number of rotatable bonds is 4. The van der Waals surface area contributed by atoms with Gasteiger partial charge in [-0.25, -0.2) is 9.97 Å². The summed E-state index contributed by atoms with van der Waals surface area (Å²) < 4.78 is 0. The Morgan fingerprint density at radius 1 is 1.40 bits per heavy atom. The van der Waals surface area contributed by atoms with Gasteiger partial charge in [-0.15, -0.1) is 11.3 Å². The minimum Gasteiger partial charge on any atom is -0.348 e. The molecular weight excluding hydrogens is 334 g/mol. The van der Waals surface area contributed by atoms with Gasteiger partial charge in [0.05, 0.1) is 11.6 Å². The largest absolute Gasteiger partial charge is 0.348 e. The topological polar surface area (TPSA) is 70.2 Å². The Balaban J connectivity index is 1.46. The third-order valence-electron chi connectivity index (χ3n) is 4.87. The molecule has 0 saturated carbocycles. The standard InChI is InChI=1S/C18H23N5OS/c1-12-11-25-18(21-12)15-3-2-8-23(15)16-5-4-13(9-20-16)17(24)22-14-6-7-19-10-14/h4-5,9,11,14-15,19H,2-3,6-8,10H2,1H3,(H,22,24). The van der Waals surface area contributed by atoms with Gasteiger partial charge in [-0.2, -0.15) is 0 Å². The summed E-state index contributed by atoms with van der Waals surface area (Å²) in [5.41, 5.74) is 1.70. The first-order valence-corrected chi connectivity index (χ1v) is 9.75. The molecule has 2 N–H and O–H groups in total. The van der Waals surface area contributed by atoms with Crippen molar-refractivity contribution in [1.82, 2.24) is 20.6 Å². The predicted octanol–water partition coefficient (Wildman–Crippen LogP) is 2.28. The Morgan fingerprint density at radius 3 is 3.00 bits per heavy atom. The SMILES string of the molecule is Cc1csc(C2CCCN2c2ccc(C(=O)NC3CCNC3)cn2)n1. The molecule has 2 aromatic heterocycles. The van der Waals surface area contributed by atoms with Crippen LogP contribution >= 0.6 is 11.3 Å². The Bertz CT molecular complexity index is 738. The fraction of sp³-hybridized carbons (Fsp3) is 0.500. The summed E-state index contributed by atoms with van der Waals surface area (Å²) in [5, 5.41) is 9.58. The lowest BCUT2D eigenvalue weighted by Gasteiger charge is -2.24. The lowest BCUT2D eigenvalue weighted by Crippen LogP contribution is -2.36. The quantitative estimate of drug-likeness (QED) is 0.878. The van der Waals surface area contributed by atoms with E-state index in [0.717, 1.165) is 55.4 Å². The van der Waals surface area contributed by atoms with E-state index in [1.807, 2.05) is 19.1 Å². The first-order chi connectivity index (χ1) is 12.2. The molecule has 4 heterocycles. The highest BCUT2D eigenvalue weighted by Crippen LogP contribution is 2.36. The maximum absolute atomic E-state index is 12.3. The predicted molar refractivity (Wildman–Crippen MR) is 99.1 cm³/mol. The van der Waals surface area contributed by atoms with E-state index >= 15 is 0 Å². The summed E-state index contributed by atoms with van der Waals surface area (Å²) in [6.07, 6.45) is 4.92. The van der Waals surface area contributed by atoms with Crippen molar-refractivity contribution in [2.45, 2.75) is 38.3 Å². The van der Waals surface area contributed by atoms with E-state index in [0.29, 0.717) is 11.6 Å². The third kappa shape index (κ3) is 3.52. The van der Waals surface area contributed by atoms with Gasteiger partial charge in [0.1, 0.15) is 10.8 Å². The van der Waals surface area contributed by atoms with Crippen LogP contribution in [-0.2, 0) is 0 Å². The summed E-state index contributed by atoms with van der Waals surface area (Å²) in [4.78, 5) is 23.8. The number of hydrogen-bond donors (Lipinski definition) is 2. The fourth-order valence-corrected chi connectivity index (χ4v) is 4.50. The molecule has 2 aliphatic rings. The van der Waals surface area contributed by atoms with Crippen molar-refractivity contribution >= 4 is 23.1 Å². The van der Waals surface area contributed by atoms with Crippen molar-refractivity contribution in [2.75, 3.05) is 24.5 Å². The third-order valence-corrected chi connectivity index (χ3v) is 5.94. The van der Waals surface area contributed by atoms with E-state index in [1.54, 1.807) is 17.5 Å². The first-order valence-electron chi connectivity index (χ1n) is 8.87. The monoisotopic (exact) mass is 357 g/mol. The molecule has 0 radical (unpaired) electrons. The molecule has 4 rings (SSSR count). The van der Waals surface area contributed by atoms with Crippen LogP contribution < -0.4 is 15.5 Å². The van der Waals surface area contributed by atoms with Crippen molar-refractivity contribution in [3.05, 3.63) is 40.0 Å². The van der Waals surface area contributed by atoms with Crippen LogP contribution in [0.4, 0.5) is 5.82 Å². The summed E-state index contributed by atoms with van der Waals surface area (Å²) >= 11 is 1.72. The molecule has 2 fully saturated rings. The van der Waals surface area contributed by atoms with E-state index in [1.165, 1.54) is 0 Å². The van der Waals surface area contributed by atoms with Crippen LogP contribution in [0.25, 0.3) is 0 Å². The number of aryl methyl sites for hydroxylation is 1. The van der Waals surface area contributed by atoms with E-state index in [9.17, 15) is 4.79 Å². The zero-order chi connectivity index (χ0) is 17.2. The molecule has 0 aliphatic carbocycles. The highest BCUT2D eigenvalue weighted by atomic mass is 32.1. The lowest BCUT2D eigenvalue weighted by molar-refractivity contribution is 0.0939. The second kappa shape index (κ2) is 7.09. The molecular formula is C18H23N5OS. The molecule has 7 heteroatoms. The van der Waals surface area contributed by atoms with Crippen LogP contribution in [0.3, 0.4) is 0 Å². The molecule has 2 atom stereocenters. The van der Waals surface area contributed by atoms with Crippen LogP contribution in [0, 0.1) is 6.92 Å². The lowest BCUT2D eigenvalue weighted by atomic mass is 10.2. The molecule has 132 valence electrons. The minimum atomic E-state index is -0.0405. The number of amides is 1. The average molecular weight is 357 g/mol. The van der Waals surface area contributed by atoms with Crippen molar-refractivity contribution in [2.24, 2.45) is 0 Å². The van der Waals surface area contributed by atoms with Crippen molar-refractivity contribution in [3.8, 4) is 0 Å². The molecule has 6 nitrogen and oxygen atoms in total. The van der Waals surface area contributed by atoms with Gasteiger partial charge in [0.25, 0.3) is 5.91 Å². The summed E-state index contributed by atoms with van der Waals surface area (Å²) in [5.74, 6) is 0.885. The Morgan fingerprint density at radius 2 is 2.32 bits per heavy atom. The van der Waals surface area contributed by atoms with Gasteiger partial charge < -0.3 is 15.5 Å². The van der Waals surface area contributed by atoms with Crippen molar-refractivity contribution < 1.29 is 4.79 Å². The van der Waals surface area contributed by atoms with Crippen LogP contribution in [0.5, 0.6) is 0 Å². The van der Waals surface area contributed by atoms with Gasteiger partial charge in [-0.3, -0.25) is 4.79 Å². The normalized spacial score (nSPS) is 23.2. The second-order valence-corrected chi connectivity index (χ2v) is 7.64. The fourth-order valence-electron chi connectivity index (χ4n) is 3.56. The van der Waals surface area contributed by atoms with E-state index in [-0.39, 0.29) is 11.9 Å². The highest BCUT2D eigenvalue weighted by molar-refractivity contribution is 7.09. The first kappa shape index (κ1) is 16.5. The Kier molecular flexibility index (Phi) is 4.67. The molecule has 0 aromatic carbocycles. The molecule has 0 spiro atoms. The Hall–Kier alpha value is -1.99.